The molecule has 5 rings (SSSR count). The van der Waals surface area contributed by atoms with Crippen molar-refractivity contribution in [1.29, 1.82) is 0 Å². The third-order valence-electron chi connectivity index (χ3n) is 5.42. The second kappa shape index (κ2) is 8.54. The van der Waals surface area contributed by atoms with E-state index in [1.54, 1.807) is 16.9 Å². The lowest BCUT2D eigenvalue weighted by molar-refractivity contribution is -0.130. The molecule has 0 aliphatic carbocycles. The van der Waals surface area contributed by atoms with Gasteiger partial charge in [-0.25, -0.2) is 4.98 Å². The fourth-order valence-electron chi connectivity index (χ4n) is 3.77. The van der Waals surface area contributed by atoms with Crippen molar-refractivity contribution in [2.75, 3.05) is 43.0 Å². The van der Waals surface area contributed by atoms with Crippen LogP contribution in [0.1, 0.15) is 12.0 Å². The molecule has 2 aliphatic heterocycles. The molecule has 2 aliphatic rings. The van der Waals surface area contributed by atoms with Gasteiger partial charge in [-0.15, -0.1) is 0 Å². The predicted molar refractivity (Wildman–Crippen MR) is 120 cm³/mol. The van der Waals surface area contributed by atoms with Crippen LogP contribution in [0.4, 0.5) is 11.6 Å². The predicted octanol–water partition coefficient (Wildman–Crippen LogP) is 2.45. The topological polar surface area (TPSA) is 87.9 Å². The smallest absolute Gasteiger partial charge is 0.288 e. The number of nitrogens with zero attached hydrogens (tertiary/aromatic N) is 6. The Morgan fingerprint density at radius 3 is 2.84 bits per heavy atom. The minimum Gasteiger partial charge on any atom is -0.488 e. The monoisotopic (exact) mass is 483 g/mol. The van der Waals surface area contributed by atoms with Crippen LogP contribution in [0.5, 0.6) is 0 Å². The lowest BCUT2D eigenvalue weighted by Gasteiger charge is -2.35. The minimum atomic E-state index is -0.0158. The van der Waals surface area contributed by atoms with Crippen LogP contribution in [0.3, 0.4) is 0 Å². The highest BCUT2D eigenvalue weighted by Gasteiger charge is 2.27. The molecule has 10 heteroatoms. The Morgan fingerprint density at radius 2 is 2.10 bits per heavy atom. The third-order valence-corrected chi connectivity index (χ3v) is 5.98. The van der Waals surface area contributed by atoms with Crippen LogP contribution in [-0.2, 0) is 16.1 Å². The van der Waals surface area contributed by atoms with Crippen LogP contribution in [0.2, 0.25) is 0 Å². The summed E-state index contributed by atoms with van der Waals surface area (Å²) in [5.41, 5.74) is 1.82. The SMILES string of the molecule is O=C(C1=CCCO1)N1CCN(c2cc(NCc3cccnc3)n3ncc(Br)c3n2)CC1. The van der Waals surface area contributed by atoms with E-state index in [1.807, 2.05) is 35.4 Å². The molecule has 0 atom stereocenters. The van der Waals surface area contributed by atoms with Crippen LogP contribution in [-0.4, -0.2) is 63.2 Å². The Hall–Kier alpha value is -3.14. The summed E-state index contributed by atoms with van der Waals surface area (Å²) in [6.45, 7) is 3.89. The molecule has 3 aromatic heterocycles. The number of aromatic nitrogens is 4. The first-order valence-electron chi connectivity index (χ1n) is 10.2. The van der Waals surface area contributed by atoms with E-state index in [2.05, 4.69) is 36.2 Å². The van der Waals surface area contributed by atoms with E-state index < -0.39 is 0 Å². The summed E-state index contributed by atoms with van der Waals surface area (Å²) < 4.78 is 8.04. The summed E-state index contributed by atoms with van der Waals surface area (Å²) >= 11 is 3.55. The number of ether oxygens (including phenoxy) is 1. The molecule has 0 saturated carbocycles. The van der Waals surface area contributed by atoms with Gasteiger partial charge in [-0.3, -0.25) is 9.78 Å². The van der Waals surface area contributed by atoms with E-state index in [-0.39, 0.29) is 5.91 Å². The van der Waals surface area contributed by atoms with Gasteiger partial charge < -0.3 is 19.9 Å². The molecule has 5 heterocycles. The van der Waals surface area contributed by atoms with Crippen molar-refractivity contribution in [3.05, 3.63) is 58.7 Å². The summed E-state index contributed by atoms with van der Waals surface area (Å²) in [5, 5.41) is 7.88. The van der Waals surface area contributed by atoms with Gasteiger partial charge in [0.25, 0.3) is 5.91 Å². The highest BCUT2D eigenvalue weighted by molar-refractivity contribution is 9.10. The average molecular weight is 484 g/mol. The number of nitrogens with one attached hydrogen (secondary N) is 1. The molecule has 1 fully saturated rings. The van der Waals surface area contributed by atoms with Gasteiger partial charge in [0.2, 0.25) is 0 Å². The number of hydrogen-bond donors (Lipinski definition) is 1. The largest absolute Gasteiger partial charge is 0.488 e. The summed E-state index contributed by atoms with van der Waals surface area (Å²) in [6, 6.07) is 5.95. The van der Waals surface area contributed by atoms with Gasteiger partial charge in [0.15, 0.2) is 11.4 Å². The molecule has 3 aromatic rings. The molecule has 0 radical (unpaired) electrons. The first kappa shape index (κ1) is 19.8. The zero-order valence-corrected chi connectivity index (χ0v) is 18.5. The Morgan fingerprint density at radius 1 is 1.23 bits per heavy atom. The van der Waals surface area contributed by atoms with E-state index in [9.17, 15) is 4.79 Å². The molecule has 1 amide bonds. The summed E-state index contributed by atoms with van der Waals surface area (Å²) in [6.07, 6.45) is 8.02. The third kappa shape index (κ3) is 4.07. The Labute approximate surface area is 187 Å². The van der Waals surface area contributed by atoms with E-state index in [1.165, 1.54) is 0 Å². The van der Waals surface area contributed by atoms with Crippen LogP contribution in [0.15, 0.2) is 53.1 Å². The average Bonchev–Trinajstić information content (AvgIpc) is 3.48. The number of piperazine rings is 1. The fraction of sp³-hybridized carbons (Fsp3) is 0.333. The van der Waals surface area contributed by atoms with Gasteiger partial charge in [-0.2, -0.15) is 9.61 Å². The number of halogens is 1. The number of amides is 1. The van der Waals surface area contributed by atoms with Crippen LogP contribution < -0.4 is 10.2 Å². The maximum absolute atomic E-state index is 12.6. The molecular weight excluding hydrogens is 462 g/mol. The van der Waals surface area contributed by atoms with Gasteiger partial charge in [0, 0.05) is 57.6 Å². The number of anilines is 2. The Balaban J connectivity index is 1.34. The Kier molecular flexibility index (Phi) is 5.46. The van der Waals surface area contributed by atoms with Crippen molar-refractivity contribution in [2.24, 2.45) is 0 Å². The van der Waals surface area contributed by atoms with Crippen LogP contribution >= 0.6 is 15.9 Å². The van der Waals surface area contributed by atoms with Crippen LogP contribution in [0.25, 0.3) is 5.65 Å². The number of carbonyl (C=O) groups excluding carboxylic acids is 1. The molecule has 1 N–H and O–H groups in total. The van der Waals surface area contributed by atoms with Gasteiger partial charge in [0.05, 0.1) is 17.3 Å². The second-order valence-corrected chi connectivity index (χ2v) is 8.28. The lowest BCUT2D eigenvalue weighted by atomic mass is 10.2. The first-order chi connectivity index (χ1) is 15.2. The van der Waals surface area contributed by atoms with Gasteiger partial charge >= 0.3 is 0 Å². The van der Waals surface area contributed by atoms with E-state index in [4.69, 9.17) is 9.72 Å². The summed E-state index contributed by atoms with van der Waals surface area (Å²) in [4.78, 5) is 25.6. The minimum absolute atomic E-state index is 0.0158. The quantitative estimate of drug-likeness (QED) is 0.596. The number of fused-ring (bicyclic) bond motifs is 1. The summed E-state index contributed by atoms with van der Waals surface area (Å²) in [7, 11) is 0. The molecule has 0 aromatic carbocycles. The van der Waals surface area contributed by atoms with Crippen molar-refractivity contribution < 1.29 is 9.53 Å². The van der Waals surface area contributed by atoms with Gasteiger partial charge in [-0.1, -0.05) is 6.07 Å². The number of rotatable bonds is 5. The molecule has 0 spiro atoms. The molecular formula is C21H22BrN7O2. The highest BCUT2D eigenvalue weighted by atomic mass is 79.9. The molecule has 0 unspecified atom stereocenters. The number of carbonyl (C=O) groups is 1. The van der Waals surface area contributed by atoms with Crippen molar-refractivity contribution in [3.8, 4) is 0 Å². The fourth-order valence-corrected chi connectivity index (χ4v) is 4.12. The first-order valence-corrected chi connectivity index (χ1v) is 11.0. The van der Waals surface area contributed by atoms with Gasteiger partial charge in [-0.05, 0) is 33.6 Å². The highest BCUT2D eigenvalue weighted by Crippen LogP contribution is 2.26. The van der Waals surface area contributed by atoms with Crippen LogP contribution in [0, 0.1) is 0 Å². The van der Waals surface area contributed by atoms with E-state index in [0.717, 1.165) is 33.7 Å². The van der Waals surface area contributed by atoms with Crippen molar-refractivity contribution in [1.82, 2.24) is 24.5 Å². The zero-order chi connectivity index (χ0) is 21.2. The van der Waals surface area contributed by atoms with Gasteiger partial charge in [0.1, 0.15) is 11.6 Å². The van der Waals surface area contributed by atoms with Crippen molar-refractivity contribution in [3.63, 3.8) is 0 Å². The number of hydrogen-bond acceptors (Lipinski definition) is 7. The lowest BCUT2D eigenvalue weighted by Crippen LogP contribution is -2.49. The Bertz CT molecular complexity index is 1120. The molecule has 160 valence electrons. The number of pyridine rings is 1. The summed E-state index contributed by atoms with van der Waals surface area (Å²) in [5.74, 6) is 2.17. The van der Waals surface area contributed by atoms with E-state index >= 15 is 0 Å². The standard InChI is InChI=1S/C21H22BrN7O2/c22-16-14-25-29-18(24-13-15-3-1-5-23-12-15)11-19(26-20(16)29)27-6-8-28(9-7-27)21(30)17-4-2-10-31-17/h1,3-5,11-12,14,24H,2,6-10,13H2. The molecule has 9 nitrogen and oxygen atoms in total. The second-order valence-electron chi connectivity index (χ2n) is 7.43. The van der Waals surface area contributed by atoms with E-state index in [0.29, 0.717) is 45.1 Å². The maximum atomic E-state index is 12.6. The molecule has 0 bridgehead atoms. The maximum Gasteiger partial charge on any atom is 0.288 e. The zero-order valence-electron chi connectivity index (χ0n) is 16.9. The van der Waals surface area contributed by atoms with Crippen molar-refractivity contribution in [2.45, 2.75) is 13.0 Å². The van der Waals surface area contributed by atoms with Crippen molar-refractivity contribution >= 4 is 39.1 Å². The molecule has 31 heavy (non-hydrogen) atoms. The molecule has 1 saturated heterocycles. The normalized spacial score (nSPS) is 16.4.